The van der Waals surface area contributed by atoms with E-state index in [2.05, 4.69) is 337 Å². The number of para-hydroxylation sites is 2. The molecule has 2 heterocycles. The zero-order valence-corrected chi connectivity index (χ0v) is 49.5. The van der Waals surface area contributed by atoms with Gasteiger partial charge < -0.3 is 9.80 Å². The number of anilines is 6. The molecule has 2 aliphatic carbocycles. The molecule has 14 aromatic carbocycles. The Balaban J connectivity index is 0.733. The average Bonchev–Trinajstić information content (AvgIpc) is 1.89. The lowest BCUT2D eigenvalue weighted by molar-refractivity contribution is 0.768. The van der Waals surface area contributed by atoms with Crippen molar-refractivity contribution in [1.29, 1.82) is 0 Å². The molecule has 4 heteroatoms. The molecule has 0 fully saturated rings. The lowest BCUT2D eigenvalue weighted by Crippen LogP contribution is -2.28. The molecule has 0 saturated heterocycles. The number of hydrogen-bond donors (Lipinski definition) is 0. The second kappa shape index (κ2) is 20.0. The summed E-state index contributed by atoms with van der Waals surface area (Å²) in [6.07, 6.45) is 0. The summed E-state index contributed by atoms with van der Waals surface area (Å²) in [7, 11) is 0. The first-order valence-electron chi connectivity index (χ1n) is 30.3. The SMILES string of the molecule is c1ccc(N(c2ccc(C3(c4ccccc4)c4ccccc4-c4ccccc43)cc2)c2ccc3sc4cc5cc6sc7ccc(N(c8ccccc8)c8ccc(C9(c%10ccccc%10)c%10ccccc%10-c%10ccccc%109)cc8)cc7c6cc5cc4c3c2)cc1. The molecule has 0 amide bonds. The van der Waals surface area contributed by atoms with Crippen LogP contribution < -0.4 is 9.80 Å². The highest BCUT2D eigenvalue weighted by molar-refractivity contribution is 7.26. The predicted molar refractivity (Wildman–Crippen MR) is 374 cm³/mol. The fraction of sp³-hybridized carbons (Fsp3) is 0.0238. The lowest BCUT2D eigenvalue weighted by Gasteiger charge is -2.34. The summed E-state index contributed by atoms with van der Waals surface area (Å²) < 4.78 is 5.14. The van der Waals surface area contributed by atoms with Crippen LogP contribution in [0.2, 0.25) is 0 Å². The van der Waals surface area contributed by atoms with E-state index >= 15 is 0 Å². The molecule has 16 aromatic rings. The molecule has 0 saturated carbocycles. The van der Waals surface area contributed by atoms with Crippen molar-refractivity contribution < 1.29 is 0 Å². The molecule has 0 atom stereocenters. The number of nitrogens with zero attached hydrogens (tertiary/aromatic N) is 2. The summed E-state index contributed by atoms with van der Waals surface area (Å²) in [6.45, 7) is 0. The zero-order valence-electron chi connectivity index (χ0n) is 47.9. The smallest absolute Gasteiger partial charge is 0.0713 e. The molecule has 2 aliphatic rings. The largest absolute Gasteiger partial charge is 0.310 e. The number of thiophene rings is 2. The standard InChI is InChI=1S/C84H54N2S2/c1-5-21-57(22-6-1)83(75-33-17-13-29-67(75)68-30-14-18-34-76(68)83)59-37-41-63(42-38-59)85(61-25-9-3-10-26-61)65-45-47-79-73(53-65)71-49-55-50-72-74-54-66(46-48-80(74)88-82(72)52-56(55)51-81(71)87-79)86(62-27-11-4-12-28-62)64-43-39-60(40-44-64)84(58-23-7-2-8-24-58)77-35-19-15-31-69(77)70-32-16-20-36-78(70)84/h1-54H. The van der Waals surface area contributed by atoms with Gasteiger partial charge in [-0.25, -0.2) is 0 Å². The minimum absolute atomic E-state index is 0.466. The van der Waals surface area contributed by atoms with Gasteiger partial charge >= 0.3 is 0 Å². The molecule has 2 nitrogen and oxygen atoms in total. The first-order valence-corrected chi connectivity index (χ1v) is 31.9. The Morgan fingerprint density at radius 2 is 0.477 bits per heavy atom. The molecule has 0 N–H and O–H groups in total. The van der Waals surface area contributed by atoms with Gasteiger partial charge in [0.15, 0.2) is 0 Å². The van der Waals surface area contributed by atoms with Crippen LogP contribution in [0.5, 0.6) is 0 Å². The van der Waals surface area contributed by atoms with E-state index in [4.69, 9.17) is 0 Å². The van der Waals surface area contributed by atoms with E-state index in [-0.39, 0.29) is 0 Å². The van der Waals surface area contributed by atoms with Crippen LogP contribution in [0.25, 0.3) is 73.4 Å². The van der Waals surface area contributed by atoms with Gasteiger partial charge in [-0.3, -0.25) is 0 Å². The highest BCUT2D eigenvalue weighted by Crippen LogP contribution is 2.58. The normalized spacial score (nSPS) is 13.4. The van der Waals surface area contributed by atoms with Crippen LogP contribution >= 0.6 is 22.7 Å². The van der Waals surface area contributed by atoms with Gasteiger partial charge in [0.2, 0.25) is 0 Å². The van der Waals surface area contributed by atoms with Gasteiger partial charge in [0.25, 0.3) is 0 Å². The third kappa shape index (κ3) is 7.53. The van der Waals surface area contributed by atoms with Crippen LogP contribution in [0.4, 0.5) is 34.1 Å². The van der Waals surface area contributed by atoms with E-state index in [0.717, 1.165) is 34.1 Å². The number of benzene rings is 14. The van der Waals surface area contributed by atoms with E-state index in [1.165, 1.54) is 118 Å². The monoisotopic (exact) mass is 1150 g/mol. The van der Waals surface area contributed by atoms with Crippen molar-refractivity contribution in [2.75, 3.05) is 9.80 Å². The summed E-state index contributed by atoms with van der Waals surface area (Å²) in [5, 5.41) is 7.58. The van der Waals surface area contributed by atoms with Crippen LogP contribution in [0.1, 0.15) is 44.5 Å². The van der Waals surface area contributed by atoms with E-state index in [9.17, 15) is 0 Å². The Morgan fingerprint density at radius 3 is 0.841 bits per heavy atom. The Kier molecular flexibility index (Phi) is 11.5. The molecule has 0 aliphatic heterocycles. The van der Waals surface area contributed by atoms with Gasteiger partial charge in [0, 0.05) is 74.5 Å². The molecule has 0 radical (unpaired) electrons. The highest BCUT2D eigenvalue weighted by atomic mass is 32.1. The van der Waals surface area contributed by atoms with Crippen LogP contribution in [0, 0.1) is 0 Å². The van der Waals surface area contributed by atoms with Gasteiger partial charge in [0.05, 0.1) is 10.8 Å². The van der Waals surface area contributed by atoms with Crippen molar-refractivity contribution >= 4 is 108 Å². The van der Waals surface area contributed by atoms with Crippen molar-refractivity contribution in [3.63, 3.8) is 0 Å². The van der Waals surface area contributed by atoms with E-state index in [1.807, 2.05) is 22.7 Å². The van der Waals surface area contributed by atoms with Gasteiger partial charge in [-0.1, -0.05) is 218 Å². The van der Waals surface area contributed by atoms with E-state index in [1.54, 1.807) is 0 Å². The predicted octanol–water partition coefficient (Wildman–Crippen LogP) is 23.2. The van der Waals surface area contributed by atoms with Crippen molar-refractivity contribution in [2.24, 2.45) is 0 Å². The maximum absolute atomic E-state index is 2.45. The second-order valence-electron chi connectivity index (χ2n) is 23.5. The topological polar surface area (TPSA) is 6.48 Å². The van der Waals surface area contributed by atoms with Crippen molar-refractivity contribution in [3.05, 3.63) is 372 Å². The number of hydrogen-bond acceptors (Lipinski definition) is 4. The molecule has 0 unspecified atom stereocenters. The molecule has 2 aromatic heterocycles. The summed E-state index contributed by atoms with van der Waals surface area (Å²) in [4.78, 5) is 4.83. The zero-order chi connectivity index (χ0) is 57.9. The molecular weight excluding hydrogens is 1100 g/mol. The van der Waals surface area contributed by atoms with Gasteiger partial charge in [-0.2, -0.15) is 0 Å². The van der Waals surface area contributed by atoms with Crippen LogP contribution in [-0.2, 0) is 10.8 Å². The minimum Gasteiger partial charge on any atom is -0.310 e. The Hall–Kier alpha value is -10.6. The third-order valence-electron chi connectivity index (χ3n) is 19.0. The first-order chi connectivity index (χ1) is 43.6. The quantitative estimate of drug-likeness (QED) is 0.135. The molecule has 0 spiro atoms. The van der Waals surface area contributed by atoms with Crippen molar-refractivity contribution in [2.45, 2.75) is 10.8 Å². The third-order valence-corrected chi connectivity index (χ3v) is 21.2. The lowest BCUT2D eigenvalue weighted by atomic mass is 9.68. The van der Waals surface area contributed by atoms with Crippen LogP contribution in [-0.4, -0.2) is 0 Å². The van der Waals surface area contributed by atoms with Crippen molar-refractivity contribution in [1.82, 2.24) is 0 Å². The molecule has 88 heavy (non-hydrogen) atoms. The average molecular weight is 1160 g/mol. The Labute approximate surface area is 519 Å². The fourth-order valence-corrected chi connectivity index (χ4v) is 17.5. The number of fused-ring (bicyclic) bond motifs is 13. The van der Waals surface area contributed by atoms with Gasteiger partial charge in [-0.05, 0) is 187 Å². The summed E-state index contributed by atoms with van der Waals surface area (Å²) in [5.41, 5.74) is 21.2. The molecule has 412 valence electrons. The maximum atomic E-state index is 2.45. The van der Waals surface area contributed by atoms with Crippen LogP contribution in [0.15, 0.2) is 328 Å². The van der Waals surface area contributed by atoms with E-state index < -0.39 is 10.8 Å². The molecular formula is C84H54N2S2. The number of rotatable bonds is 10. The maximum Gasteiger partial charge on any atom is 0.0713 e. The Bertz CT molecular complexity index is 4950. The van der Waals surface area contributed by atoms with Crippen LogP contribution in [0.3, 0.4) is 0 Å². The van der Waals surface area contributed by atoms with Gasteiger partial charge in [-0.15, -0.1) is 22.7 Å². The minimum atomic E-state index is -0.466. The summed E-state index contributed by atoms with van der Waals surface area (Å²) in [5.74, 6) is 0. The molecule has 0 bridgehead atoms. The molecule has 18 rings (SSSR count). The van der Waals surface area contributed by atoms with Crippen molar-refractivity contribution in [3.8, 4) is 22.3 Å². The second-order valence-corrected chi connectivity index (χ2v) is 25.6. The van der Waals surface area contributed by atoms with Gasteiger partial charge in [0.1, 0.15) is 0 Å². The van der Waals surface area contributed by atoms with E-state index in [0.29, 0.717) is 0 Å². The summed E-state index contributed by atoms with van der Waals surface area (Å²) >= 11 is 3.76. The first kappa shape index (κ1) is 50.7. The summed E-state index contributed by atoms with van der Waals surface area (Å²) in [6, 6.07) is 122. The fourth-order valence-electron chi connectivity index (χ4n) is 15.2. The highest BCUT2D eigenvalue weighted by Gasteiger charge is 2.47. The Morgan fingerprint density at radius 1 is 0.205 bits per heavy atom.